The van der Waals surface area contributed by atoms with Crippen LogP contribution in [-0.2, 0) is 0 Å². The molecule has 5 heteroatoms. The molecule has 0 saturated carbocycles. The van der Waals surface area contributed by atoms with Gasteiger partial charge in [0.1, 0.15) is 11.6 Å². The summed E-state index contributed by atoms with van der Waals surface area (Å²) in [5, 5.41) is 3.89. The standard InChI is InChI=1S/C15H14Cl2FNO/c1-19-15(9-5-3-6-10(16)14(9)17)13-11(18)7-4-8-12(13)20-2/h3-8,15,19H,1-2H3. The molecule has 2 nitrogen and oxygen atoms in total. The summed E-state index contributed by atoms with van der Waals surface area (Å²) in [4.78, 5) is 0. The molecule has 1 atom stereocenters. The first-order chi connectivity index (χ1) is 9.60. The molecular weight excluding hydrogens is 300 g/mol. The summed E-state index contributed by atoms with van der Waals surface area (Å²) in [6, 6.07) is 9.53. The van der Waals surface area contributed by atoms with Crippen LogP contribution in [0.1, 0.15) is 17.2 Å². The summed E-state index contributed by atoms with van der Waals surface area (Å²) < 4.78 is 19.4. The first kappa shape index (κ1) is 15.1. The van der Waals surface area contributed by atoms with Crippen LogP contribution in [0.3, 0.4) is 0 Å². The van der Waals surface area contributed by atoms with Gasteiger partial charge in [0.15, 0.2) is 0 Å². The zero-order chi connectivity index (χ0) is 14.7. The third kappa shape index (κ3) is 2.75. The van der Waals surface area contributed by atoms with E-state index in [1.165, 1.54) is 13.2 Å². The zero-order valence-electron chi connectivity index (χ0n) is 11.1. The Bertz CT molecular complexity index is 619. The predicted octanol–water partition coefficient (Wildman–Crippen LogP) is 4.45. The Kier molecular flexibility index (Phi) is 4.86. The van der Waals surface area contributed by atoms with Crippen molar-refractivity contribution >= 4 is 23.2 Å². The molecule has 0 amide bonds. The average Bonchev–Trinajstić information content (AvgIpc) is 2.45. The molecule has 0 fully saturated rings. The quantitative estimate of drug-likeness (QED) is 0.900. The molecule has 0 aliphatic carbocycles. The molecule has 20 heavy (non-hydrogen) atoms. The number of rotatable bonds is 4. The van der Waals surface area contributed by atoms with Crippen molar-refractivity contribution in [3.05, 3.63) is 63.4 Å². The van der Waals surface area contributed by atoms with Gasteiger partial charge in [-0.2, -0.15) is 0 Å². The summed E-state index contributed by atoms with van der Waals surface area (Å²) >= 11 is 12.3. The monoisotopic (exact) mass is 313 g/mol. The van der Waals surface area contributed by atoms with Crippen LogP contribution in [0.25, 0.3) is 0 Å². The molecule has 0 saturated heterocycles. The normalized spacial score (nSPS) is 12.2. The van der Waals surface area contributed by atoms with Gasteiger partial charge in [-0.1, -0.05) is 41.4 Å². The number of hydrogen-bond donors (Lipinski definition) is 1. The molecule has 0 heterocycles. The Morgan fingerprint density at radius 1 is 1.15 bits per heavy atom. The van der Waals surface area contributed by atoms with E-state index in [2.05, 4.69) is 5.32 Å². The summed E-state index contributed by atoms with van der Waals surface area (Å²) in [5.74, 6) is 0.0973. The Labute approximate surface area is 127 Å². The second-order valence-corrected chi connectivity index (χ2v) is 5.01. The van der Waals surface area contributed by atoms with E-state index in [1.54, 1.807) is 37.4 Å². The van der Waals surface area contributed by atoms with Crippen molar-refractivity contribution < 1.29 is 9.13 Å². The fourth-order valence-electron chi connectivity index (χ4n) is 2.17. The Hall–Kier alpha value is -1.29. The molecule has 2 rings (SSSR count). The second-order valence-electron chi connectivity index (χ2n) is 4.22. The summed E-state index contributed by atoms with van der Waals surface area (Å²) in [5.41, 5.74) is 1.10. The number of benzene rings is 2. The van der Waals surface area contributed by atoms with Gasteiger partial charge in [-0.3, -0.25) is 0 Å². The highest BCUT2D eigenvalue weighted by Crippen LogP contribution is 2.37. The smallest absolute Gasteiger partial charge is 0.132 e. The van der Waals surface area contributed by atoms with Gasteiger partial charge >= 0.3 is 0 Å². The van der Waals surface area contributed by atoms with Crippen LogP contribution in [0.5, 0.6) is 5.75 Å². The molecular formula is C15H14Cl2FNO. The summed E-state index contributed by atoms with van der Waals surface area (Å²) in [7, 11) is 3.23. The van der Waals surface area contributed by atoms with E-state index in [1.807, 2.05) is 0 Å². The predicted molar refractivity (Wildman–Crippen MR) is 80.3 cm³/mol. The van der Waals surface area contributed by atoms with Crippen molar-refractivity contribution in [2.75, 3.05) is 14.2 Å². The third-order valence-corrected chi connectivity index (χ3v) is 3.94. The molecule has 0 spiro atoms. The van der Waals surface area contributed by atoms with Gasteiger partial charge in [-0.25, -0.2) is 4.39 Å². The molecule has 106 valence electrons. The Morgan fingerprint density at radius 3 is 2.50 bits per heavy atom. The fourth-order valence-corrected chi connectivity index (χ4v) is 2.59. The van der Waals surface area contributed by atoms with Crippen molar-refractivity contribution in [3.63, 3.8) is 0 Å². The highest BCUT2D eigenvalue weighted by atomic mass is 35.5. The molecule has 0 aliphatic heterocycles. The lowest BCUT2D eigenvalue weighted by Crippen LogP contribution is -2.20. The first-order valence-corrected chi connectivity index (χ1v) is 6.79. The summed E-state index contributed by atoms with van der Waals surface area (Å²) in [6.45, 7) is 0. The van der Waals surface area contributed by atoms with E-state index >= 15 is 0 Å². The highest BCUT2D eigenvalue weighted by molar-refractivity contribution is 6.42. The lowest BCUT2D eigenvalue weighted by Gasteiger charge is -2.21. The molecule has 0 bridgehead atoms. The van der Waals surface area contributed by atoms with Gasteiger partial charge < -0.3 is 10.1 Å². The van der Waals surface area contributed by atoms with E-state index < -0.39 is 6.04 Å². The van der Waals surface area contributed by atoms with Crippen molar-refractivity contribution in [1.29, 1.82) is 0 Å². The van der Waals surface area contributed by atoms with Crippen LogP contribution in [-0.4, -0.2) is 14.2 Å². The van der Waals surface area contributed by atoms with Crippen LogP contribution in [0, 0.1) is 5.82 Å². The van der Waals surface area contributed by atoms with Gasteiger partial charge in [-0.15, -0.1) is 0 Å². The number of ether oxygens (including phenoxy) is 1. The van der Waals surface area contributed by atoms with Gasteiger partial charge in [-0.05, 0) is 30.8 Å². The maximum atomic E-state index is 14.2. The molecule has 0 radical (unpaired) electrons. The lowest BCUT2D eigenvalue weighted by molar-refractivity contribution is 0.398. The Balaban J connectivity index is 2.61. The van der Waals surface area contributed by atoms with E-state index in [-0.39, 0.29) is 5.82 Å². The fraction of sp³-hybridized carbons (Fsp3) is 0.200. The maximum absolute atomic E-state index is 14.2. The van der Waals surface area contributed by atoms with E-state index in [0.29, 0.717) is 26.9 Å². The van der Waals surface area contributed by atoms with E-state index in [0.717, 1.165) is 0 Å². The van der Waals surface area contributed by atoms with Gasteiger partial charge in [0, 0.05) is 0 Å². The molecule has 1 N–H and O–H groups in total. The van der Waals surface area contributed by atoms with Gasteiger partial charge in [0.25, 0.3) is 0 Å². The second kappa shape index (κ2) is 6.44. The van der Waals surface area contributed by atoms with Crippen LogP contribution in [0.4, 0.5) is 4.39 Å². The molecule has 0 aliphatic rings. The number of methoxy groups -OCH3 is 1. The highest BCUT2D eigenvalue weighted by Gasteiger charge is 2.23. The Morgan fingerprint density at radius 2 is 1.85 bits per heavy atom. The van der Waals surface area contributed by atoms with Gasteiger partial charge in [0.2, 0.25) is 0 Å². The minimum Gasteiger partial charge on any atom is -0.496 e. The minimum atomic E-state index is -0.447. The van der Waals surface area contributed by atoms with E-state index in [4.69, 9.17) is 27.9 Å². The molecule has 2 aromatic carbocycles. The van der Waals surface area contributed by atoms with Crippen LogP contribution >= 0.6 is 23.2 Å². The van der Waals surface area contributed by atoms with Crippen LogP contribution in [0.2, 0.25) is 10.0 Å². The largest absolute Gasteiger partial charge is 0.496 e. The van der Waals surface area contributed by atoms with E-state index in [9.17, 15) is 4.39 Å². The third-order valence-electron chi connectivity index (χ3n) is 3.10. The molecule has 2 aromatic rings. The number of nitrogens with one attached hydrogen (secondary N) is 1. The maximum Gasteiger partial charge on any atom is 0.132 e. The average molecular weight is 314 g/mol. The number of halogens is 3. The van der Waals surface area contributed by atoms with Crippen molar-refractivity contribution in [1.82, 2.24) is 5.32 Å². The topological polar surface area (TPSA) is 21.3 Å². The van der Waals surface area contributed by atoms with Crippen LogP contribution < -0.4 is 10.1 Å². The molecule has 1 unspecified atom stereocenters. The zero-order valence-corrected chi connectivity index (χ0v) is 12.6. The van der Waals surface area contributed by atoms with Crippen molar-refractivity contribution in [2.24, 2.45) is 0 Å². The van der Waals surface area contributed by atoms with Crippen molar-refractivity contribution in [2.45, 2.75) is 6.04 Å². The van der Waals surface area contributed by atoms with Gasteiger partial charge in [0.05, 0.1) is 28.8 Å². The van der Waals surface area contributed by atoms with Crippen LogP contribution in [0.15, 0.2) is 36.4 Å². The minimum absolute atomic E-state index is 0.361. The first-order valence-electron chi connectivity index (χ1n) is 6.03. The summed E-state index contributed by atoms with van der Waals surface area (Å²) in [6.07, 6.45) is 0. The number of hydrogen-bond acceptors (Lipinski definition) is 2. The molecule has 0 aromatic heterocycles. The SMILES string of the molecule is CNC(c1cccc(Cl)c1Cl)c1c(F)cccc1OC. The van der Waals surface area contributed by atoms with Crippen molar-refractivity contribution in [3.8, 4) is 5.75 Å². The lowest BCUT2D eigenvalue weighted by atomic mass is 9.97.